The molecule has 0 aliphatic rings. The molecule has 0 spiro atoms. The van der Waals surface area contributed by atoms with Crippen LogP contribution >= 0.6 is 23.2 Å². The summed E-state index contributed by atoms with van der Waals surface area (Å²) in [5.41, 5.74) is -1.87. The minimum absolute atomic E-state index is 0.218. The molecule has 0 bridgehead atoms. The van der Waals surface area contributed by atoms with E-state index in [-0.39, 0.29) is 13.0 Å². The van der Waals surface area contributed by atoms with Crippen molar-refractivity contribution in [3.8, 4) is 0 Å². The Bertz CT molecular complexity index is 342. The van der Waals surface area contributed by atoms with Crippen LogP contribution < -0.4 is 5.32 Å². The number of hydrogen-bond donors (Lipinski definition) is 1. The second-order valence-corrected chi connectivity index (χ2v) is 6.89. The molecular weight excluding hydrogens is 305 g/mol. The molecule has 0 radical (unpaired) electrons. The summed E-state index contributed by atoms with van der Waals surface area (Å²) < 4.78 is 10.1. The van der Waals surface area contributed by atoms with E-state index < -0.39 is 28.0 Å². The third-order valence-electron chi connectivity index (χ3n) is 2.37. The summed E-state index contributed by atoms with van der Waals surface area (Å²) >= 11 is 11.4. The second kappa shape index (κ2) is 7.93. The van der Waals surface area contributed by atoms with Crippen LogP contribution in [0.1, 0.15) is 47.5 Å². The number of carbonyl (C=O) groups excluding carboxylic acids is 2. The summed E-state index contributed by atoms with van der Waals surface area (Å²) in [6, 6.07) is 0. The van der Waals surface area contributed by atoms with Crippen molar-refractivity contribution in [1.82, 2.24) is 5.32 Å². The summed E-state index contributed by atoms with van der Waals surface area (Å²) in [5.74, 6) is -0.542. The van der Waals surface area contributed by atoms with E-state index in [9.17, 15) is 9.59 Å². The van der Waals surface area contributed by atoms with Gasteiger partial charge in [0, 0.05) is 0 Å². The Morgan fingerprint density at radius 3 is 2.15 bits per heavy atom. The zero-order chi connectivity index (χ0) is 16.0. The molecule has 7 heteroatoms. The number of alkyl halides is 2. The molecule has 0 unspecified atom stereocenters. The summed E-state index contributed by atoms with van der Waals surface area (Å²) in [6.07, 6.45) is -0.0921. The summed E-state index contributed by atoms with van der Waals surface area (Å²) in [7, 11) is 0. The fourth-order valence-corrected chi connectivity index (χ4v) is 1.65. The molecule has 1 atom stereocenters. The van der Waals surface area contributed by atoms with Crippen molar-refractivity contribution in [3.05, 3.63) is 0 Å². The van der Waals surface area contributed by atoms with Crippen LogP contribution in [0.2, 0.25) is 0 Å². The quantitative estimate of drug-likeness (QED) is 0.599. The Kier molecular flexibility index (Phi) is 7.66. The molecule has 0 aromatic carbocycles. The van der Waals surface area contributed by atoms with E-state index in [0.29, 0.717) is 6.42 Å². The standard InChI is InChI=1S/C13H23Cl2NO4/c1-6-19-10(17)13(5,8-7-9(14)15)16-11(18)20-12(2,3)4/h9H,6-8H2,1-5H3,(H,16,18)/t13-/m0/s1. The highest BCUT2D eigenvalue weighted by Crippen LogP contribution is 2.21. The first-order chi connectivity index (χ1) is 9.00. The molecule has 20 heavy (non-hydrogen) atoms. The fraction of sp³-hybridized carbons (Fsp3) is 0.846. The second-order valence-electron chi connectivity index (χ2n) is 5.61. The predicted molar refractivity (Wildman–Crippen MR) is 79.1 cm³/mol. The van der Waals surface area contributed by atoms with E-state index in [1.54, 1.807) is 34.6 Å². The van der Waals surface area contributed by atoms with Crippen LogP contribution in [-0.2, 0) is 14.3 Å². The van der Waals surface area contributed by atoms with Gasteiger partial charge in [-0.15, -0.1) is 23.2 Å². The van der Waals surface area contributed by atoms with Gasteiger partial charge in [0.05, 0.1) is 6.61 Å². The predicted octanol–water partition coefficient (Wildman–Crippen LogP) is 3.42. The molecular formula is C13H23Cl2NO4. The Balaban J connectivity index is 4.84. The van der Waals surface area contributed by atoms with Crippen LogP contribution in [0, 0.1) is 0 Å². The van der Waals surface area contributed by atoms with Gasteiger partial charge in [0.25, 0.3) is 0 Å². The van der Waals surface area contributed by atoms with Gasteiger partial charge in [-0.1, -0.05) is 0 Å². The third-order valence-corrected chi connectivity index (χ3v) is 2.80. The maximum atomic E-state index is 12.0. The van der Waals surface area contributed by atoms with Crippen LogP contribution in [-0.4, -0.2) is 34.6 Å². The molecule has 0 aliphatic heterocycles. The van der Waals surface area contributed by atoms with E-state index in [2.05, 4.69) is 5.32 Å². The van der Waals surface area contributed by atoms with E-state index in [1.807, 2.05) is 0 Å². The normalized spacial score (nSPS) is 14.6. The summed E-state index contributed by atoms with van der Waals surface area (Å²) in [4.78, 5) is 23.2. The Morgan fingerprint density at radius 2 is 1.75 bits per heavy atom. The van der Waals surface area contributed by atoms with Crippen LogP contribution in [0.25, 0.3) is 0 Å². The van der Waals surface area contributed by atoms with Crippen molar-refractivity contribution in [1.29, 1.82) is 0 Å². The zero-order valence-electron chi connectivity index (χ0n) is 12.6. The van der Waals surface area contributed by atoms with Gasteiger partial charge in [0.2, 0.25) is 0 Å². The maximum Gasteiger partial charge on any atom is 0.408 e. The van der Waals surface area contributed by atoms with Crippen molar-refractivity contribution in [2.45, 2.75) is 63.4 Å². The average Bonchev–Trinajstić information content (AvgIpc) is 2.23. The Labute approximate surface area is 130 Å². The van der Waals surface area contributed by atoms with Gasteiger partial charge in [-0.25, -0.2) is 9.59 Å². The number of nitrogens with one attached hydrogen (secondary N) is 1. The van der Waals surface area contributed by atoms with E-state index >= 15 is 0 Å². The van der Waals surface area contributed by atoms with Gasteiger partial charge < -0.3 is 14.8 Å². The minimum Gasteiger partial charge on any atom is -0.464 e. The van der Waals surface area contributed by atoms with Gasteiger partial charge in [-0.3, -0.25) is 0 Å². The monoisotopic (exact) mass is 327 g/mol. The fourth-order valence-electron chi connectivity index (χ4n) is 1.43. The van der Waals surface area contributed by atoms with Gasteiger partial charge in [0.15, 0.2) is 0 Å². The number of carbonyl (C=O) groups is 2. The van der Waals surface area contributed by atoms with Crippen LogP contribution in [0.4, 0.5) is 4.79 Å². The number of halogens is 2. The number of esters is 1. The smallest absolute Gasteiger partial charge is 0.408 e. The molecule has 0 heterocycles. The molecule has 0 rings (SSSR count). The first kappa shape index (κ1) is 19.3. The highest BCUT2D eigenvalue weighted by atomic mass is 35.5. The Hall–Kier alpha value is -0.680. The first-order valence-corrected chi connectivity index (χ1v) is 7.34. The van der Waals surface area contributed by atoms with Crippen LogP contribution in [0.3, 0.4) is 0 Å². The van der Waals surface area contributed by atoms with Crippen molar-refractivity contribution in [2.75, 3.05) is 6.61 Å². The average molecular weight is 328 g/mol. The maximum absolute atomic E-state index is 12.0. The molecule has 0 saturated heterocycles. The SMILES string of the molecule is CCOC(=O)[C@](C)(CCC(Cl)Cl)NC(=O)OC(C)(C)C. The number of amides is 1. The lowest BCUT2D eigenvalue weighted by Gasteiger charge is -2.30. The molecule has 1 amide bonds. The minimum atomic E-state index is -1.22. The van der Waals surface area contributed by atoms with Gasteiger partial charge >= 0.3 is 12.1 Å². The van der Waals surface area contributed by atoms with E-state index in [1.165, 1.54) is 0 Å². The molecule has 5 nitrogen and oxygen atoms in total. The molecule has 1 N–H and O–H groups in total. The summed E-state index contributed by atoms with van der Waals surface area (Å²) in [6.45, 7) is 8.68. The number of rotatable bonds is 6. The third kappa shape index (κ3) is 7.80. The van der Waals surface area contributed by atoms with Crippen molar-refractivity contribution in [2.24, 2.45) is 0 Å². The molecule has 0 aromatic heterocycles. The summed E-state index contributed by atoms with van der Waals surface area (Å²) in [5, 5.41) is 2.54. The molecule has 0 fully saturated rings. The molecule has 0 aromatic rings. The topological polar surface area (TPSA) is 64.6 Å². The lowest BCUT2D eigenvalue weighted by Crippen LogP contribution is -2.54. The highest BCUT2D eigenvalue weighted by molar-refractivity contribution is 6.44. The largest absolute Gasteiger partial charge is 0.464 e. The van der Waals surface area contributed by atoms with Crippen molar-refractivity contribution < 1.29 is 19.1 Å². The van der Waals surface area contributed by atoms with Gasteiger partial charge in [-0.05, 0) is 47.5 Å². The molecule has 0 saturated carbocycles. The number of ether oxygens (including phenoxy) is 2. The zero-order valence-corrected chi connectivity index (χ0v) is 14.1. The van der Waals surface area contributed by atoms with Crippen LogP contribution in [0.15, 0.2) is 0 Å². The van der Waals surface area contributed by atoms with E-state index in [4.69, 9.17) is 32.7 Å². The molecule has 118 valence electrons. The lowest BCUT2D eigenvalue weighted by atomic mass is 9.96. The highest BCUT2D eigenvalue weighted by Gasteiger charge is 2.37. The van der Waals surface area contributed by atoms with Crippen molar-refractivity contribution in [3.63, 3.8) is 0 Å². The Morgan fingerprint density at radius 1 is 1.20 bits per heavy atom. The van der Waals surface area contributed by atoms with Gasteiger partial charge in [0.1, 0.15) is 16.0 Å². The lowest BCUT2D eigenvalue weighted by molar-refractivity contribution is -0.150. The van der Waals surface area contributed by atoms with Crippen molar-refractivity contribution >= 4 is 35.3 Å². The van der Waals surface area contributed by atoms with Crippen LogP contribution in [0.5, 0.6) is 0 Å². The number of hydrogen-bond acceptors (Lipinski definition) is 4. The first-order valence-electron chi connectivity index (χ1n) is 6.46. The molecule has 0 aliphatic carbocycles. The van der Waals surface area contributed by atoms with E-state index in [0.717, 1.165) is 0 Å². The number of alkyl carbamates (subject to hydrolysis) is 1. The van der Waals surface area contributed by atoms with Gasteiger partial charge in [-0.2, -0.15) is 0 Å².